The van der Waals surface area contributed by atoms with E-state index >= 15 is 0 Å². The zero-order valence-electron chi connectivity index (χ0n) is 12.5. The van der Waals surface area contributed by atoms with E-state index in [1.165, 1.54) is 0 Å². The van der Waals surface area contributed by atoms with Gasteiger partial charge in [-0.25, -0.2) is 13.4 Å². The largest absolute Gasteiger partial charge is 0.365 e. The molecule has 0 radical (unpaired) electrons. The summed E-state index contributed by atoms with van der Waals surface area (Å²) in [4.78, 5) is 6.54. The van der Waals surface area contributed by atoms with E-state index in [2.05, 4.69) is 31.1 Å². The van der Waals surface area contributed by atoms with Gasteiger partial charge in [0, 0.05) is 18.6 Å². The van der Waals surface area contributed by atoms with Gasteiger partial charge in [-0.15, -0.1) is 0 Å². The first-order valence-electron chi connectivity index (χ1n) is 6.85. The Morgan fingerprint density at radius 3 is 2.60 bits per heavy atom. The van der Waals surface area contributed by atoms with Crippen LogP contribution in [0.3, 0.4) is 0 Å². The second-order valence-corrected chi connectivity index (χ2v) is 8.65. The van der Waals surface area contributed by atoms with Crippen molar-refractivity contribution in [3.8, 4) is 0 Å². The van der Waals surface area contributed by atoms with Gasteiger partial charge in [0.2, 0.25) is 0 Å². The minimum absolute atomic E-state index is 0.0254. The fraction of sp³-hybridized carbons (Fsp3) is 0.643. The first-order valence-corrected chi connectivity index (χ1v) is 8.67. The average Bonchev–Trinajstić information content (AvgIpc) is 2.67. The fourth-order valence-corrected chi connectivity index (χ4v) is 4.12. The molecule has 1 aromatic rings. The van der Waals surface area contributed by atoms with Crippen molar-refractivity contribution in [2.75, 3.05) is 28.8 Å². The fourth-order valence-electron chi connectivity index (χ4n) is 2.34. The third-order valence-corrected chi connectivity index (χ3v) is 5.11. The summed E-state index contributed by atoms with van der Waals surface area (Å²) in [5.74, 6) is 2.12. The van der Waals surface area contributed by atoms with Gasteiger partial charge in [0.15, 0.2) is 9.84 Å². The van der Waals surface area contributed by atoms with E-state index in [0.717, 1.165) is 11.6 Å². The van der Waals surface area contributed by atoms with Crippen molar-refractivity contribution in [3.05, 3.63) is 18.2 Å². The quantitative estimate of drug-likeness (QED) is 0.923. The molecule has 1 aromatic heterocycles. The molecule has 2 rings (SSSR count). The van der Waals surface area contributed by atoms with Crippen molar-refractivity contribution in [1.82, 2.24) is 4.98 Å². The second-order valence-electron chi connectivity index (χ2n) is 6.42. The van der Waals surface area contributed by atoms with Crippen molar-refractivity contribution in [2.24, 2.45) is 0 Å². The van der Waals surface area contributed by atoms with E-state index in [0.29, 0.717) is 6.42 Å². The number of hydrogen-bond donors (Lipinski definition) is 1. The standard InChI is InChI=1S/C14H23N3O2S/c1-14(2,3)16-12-6-5-7-13(15-12)17(4)11-8-9-20(18,19)10-11/h5-7,11H,8-10H2,1-4H3,(H,15,16). The van der Waals surface area contributed by atoms with E-state index in [-0.39, 0.29) is 23.1 Å². The first-order chi connectivity index (χ1) is 9.16. The lowest BCUT2D eigenvalue weighted by molar-refractivity contribution is 0.600. The molecule has 6 heteroatoms. The third-order valence-electron chi connectivity index (χ3n) is 3.35. The van der Waals surface area contributed by atoms with E-state index < -0.39 is 9.84 Å². The number of sulfone groups is 1. The topological polar surface area (TPSA) is 62.3 Å². The van der Waals surface area contributed by atoms with Gasteiger partial charge in [-0.3, -0.25) is 0 Å². The molecule has 0 amide bonds. The summed E-state index contributed by atoms with van der Waals surface area (Å²) in [6, 6.07) is 5.81. The van der Waals surface area contributed by atoms with Gasteiger partial charge in [-0.05, 0) is 39.3 Å². The Labute approximate surface area is 121 Å². The van der Waals surface area contributed by atoms with Crippen molar-refractivity contribution in [2.45, 2.75) is 38.8 Å². The van der Waals surface area contributed by atoms with Crippen molar-refractivity contribution >= 4 is 21.5 Å². The van der Waals surface area contributed by atoms with Gasteiger partial charge < -0.3 is 10.2 Å². The van der Waals surface area contributed by atoms with Crippen LogP contribution in [0.1, 0.15) is 27.2 Å². The smallest absolute Gasteiger partial charge is 0.152 e. The van der Waals surface area contributed by atoms with Crippen LogP contribution in [0.4, 0.5) is 11.6 Å². The Hall–Kier alpha value is -1.30. The van der Waals surface area contributed by atoms with Crippen LogP contribution in [0.15, 0.2) is 18.2 Å². The summed E-state index contributed by atoms with van der Waals surface area (Å²) in [5, 5.41) is 3.33. The zero-order valence-corrected chi connectivity index (χ0v) is 13.4. The highest BCUT2D eigenvalue weighted by Gasteiger charge is 2.31. The lowest BCUT2D eigenvalue weighted by atomic mass is 10.1. The number of anilines is 2. The molecule has 5 nitrogen and oxygen atoms in total. The molecular formula is C14H23N3O2S. The van der Waals surface area contributed by atoms with Crippen LogP contribution in [0.25, 0.3) is 0 Å². The molecule has 1 atom stereocenters. The number of aromatic nitrogens is 1. The highest BCUT2D eigenvalue weighted by atomic mass is 32.2. The lowest BCUT2D eigenvalue weighted by Gasteiger charge is -2.26. The minimum Gasteiger partial charge on any atom is -0.365 e. The predicted octanol–water partition coefficient (Wildman–Crippen LogP) is 1.92. The molecule has 20 heavy (non-hydrogen) atoms. The van der Waals surface area contributed by atoms with E-state index in [4.69, 9.17) is 0 Å². The van der Waals surface area contributed by atoms with Gasteiger partial charge in [0.25, 0.3) is 0 Å². The normalized spacial score (nSPS) is 21.7. The zero-order chi connectivity index (χ0) is 15.0. The monoisotopic (exact) mass is 297 g/mol. The molecule has 0 aliphatic carbocycles. The van der Waals surface area contributed by atoms with E-state index in [1.807, 2.05) is 30.1 Å². The molecule has 1 aliphatic rings. The Balaban J connectivity index is 2.15. The van der Waals surface area contributed by atoms with Crippen molar-refractivity contribution in [1.29, 1.82) is 0 Å². The minimum atomic E-state index is -2.87. The van der Waals surface area contributed by atoms with Gasteiger partial charge in [0.05, 0.1) is 11.5 Å². The first kappa shape index (κ1) is 15.1. The summed E-state index contributed by atoms with van der Waals surface area (Å²) in [5.41, 5.74) is -0.0547. The Morgan fingerprint density at radius 1 is 1.35 bits per heavy atom. The van der Waals surface area contributed by atoms with Crippen molar-refractivity contribution in [3.63, 3.8) is 0 Å². The van der Waals surface area contributed by atoms with Crippen LogP contribution in [0.2, 0.25) is 0 Å². The summed E-state index contributed by atoms with van der Waals surface area (Å²) in [6.07, 6.45) is 0.678. The Bertz CT molecular complexity index is 578. The molecule has 1 aliphatic heterocycles. The van der Waals surface area contributed by atoms with E-state index in [1.54, 1.807) is 0 Å². The highest BCUT2D eigenvalue weighted by Crippen LogP contribution is 2.23. The molecule has 1 saturated heterocycles. The summed E-state index contributed by atoms with van der Waals surface area (Å²) in [7, 11) is -0.961. The van der Waals surface area contributed by atoms with Gasteiger partial charge in [-0.1, -0.05) is 6.07 Å². The molecule has 0 spiro atoms. The molecule has 0 saturated carbocycles. The SMILES string of the molecule is CN(c1cccc(NC(C)(C)C)n1)C1CCS(=O)(=O)C1. The number of hydrogen-bond acceptors (Lipinski definition) is 5. The molecule has 112 valence electrons. The summed E-state index contributed by atoms with van der Waals surface area (Å²) in [6.45, 7) is 6.23. The maximum atomic E-state index is 11.6. The van der Waals surface area contributed by atoms with Crippen LogP contribution in [-0.2, 0) is 9.84 Å². The molecule has 1 N–H and O–H groups in total. The average molecular weight is 297 g/mol. The predicted molar refractivity (Wildman–Crippen MR) is 83.1 cm³/mol. The summed E-state index contributed by atoms with van der Waals surface area (Å²) >= 11 is 0. The Morgan fingerprint density at radius 2 is 2.05 bits per heavy atom. The maximum absolute atomic E-state index is 11.6. The third kappa shape index (κ3) is 3.85. The van der Waals surface area contributed by atoms with Gasteiger partial charge in [-0.2, -0.15) is 0 Å². The van der Waals surface area contributed by atoms with Gasteiger partial charge >= 0.3 is 0 Å². The van der Waals surface area contributed by atoms with Crippen molar-refractivity contribution < 1.29 is 8.42 Å². The van der Waals surface area contributed by atoms with Crippen LogP contribution in [0.5, 0.6) is 0 Å². The number of rotatable bonds is 3. The molecular weight excluding hydrogens is 274 g/mol. The molecule has 0 aromatic carbocycles. The highest BCUT2D eigenvalue weighted by molar-refractivity contribution is 7.91. The van der Waals surface area contributed by atoms with Crippen LogP contribution >= 0.6 is 0 Å². The molecule has 2 heterocycles. The number of nitrogens with zero attached hydrogens (tertiary/aromatic N) is 2. The lowest BCUT2D eigenvalue weighted by Crippen LogP contribution is -2.33. The molecule has 0 bridgehead atoms. The molecule has 1 fully saturated rings. The van der Waals surface area contributed by atoms with Gasteiger partial charge in [0.1, 0.15) is 11.6 Å². The number of nitrogens with one attached hydrogen (secondary N) is 1. The Kier molecular flexibility index (Phi) is 3.95. The van der Waals surface area contributed by atoms with E-state index in [9.17, 15) is 8.42 Å². The van der Waals surface area contributed by atoms with Crippen LogP contribution < -0.4 is 10.2 Å². The van der Waals surface area contributed by atoms with Crippen LogP contribution in [0, 0.1) is 0 Å². The molecule has 1 unspecified atom stereocenters. The summed E-state index contributed by atoms with van der Waals surface area (Å²) < 4.78 is 23.1. The second kappa shape index (κ2) is 5.24. The maximum Gasteiger partial charge on any atom is 0.152 e. The van der Waals surface area contributed by atoms with Crippen LogP contribution in [-0.4, -0.2) is 43.5 Å². The number of pyridine rings is 1.